The van der Waals surface area contributed by atoms with E-state index < -0.39 is 17.4 Å². The summed E-state index contributed by atoms with van der Waals surface area (Å²) < 4.78 is 0. The highest BCUT2D eigenvalue weighted by atomic mass is 35.5. The van der Waals surface area contributed by atoms with Crippen LogP contribution in [0.3, 0.4) is 0 Å². The van der Waals surface area contributed by atoms with E-state index in [4.69, 9.17) is 11.6 Å². The number of rotatable bonds is 3. The Morgan fingerprint density at radius 1 is 1.30 bits per heavy atom. The molecule has 1 aromatic carbocycles. The van der Waals surface area contributed by atoms with Crippen LogP contribution in [-0.4, -0.2) is 30.0 Å². The van der Waals surface area contributed by atoms with Gasteiger partial charge in [0.2, 0.25) is 5.91 Å². The number of benzene rings is 1. The molecule has 20 heavy (non-hydrogen) atoms. The number of likely N-dealkylation sites (N-methyl/N-ethyl adjacent to an activating group) is 1. The molecule has 0 aliphatic carbocycles. The minimum Gasteiger partial charge on any atom is -0.507 e. The zero-order valence-corrected chi connectivity index (χ0v) is 12.7. The minimum atomic E-state index is -0.740. The van der Waals surface area contributed by atoms with Crippen molar-refractivity contribution in [2.24, 2.45) is 5.41 Å². The topological polar surface area (TPSA) is 78.4 Å². The van der Waals surface area contributed by atoms with Crippen LogP contribution in [0.4, 0.5) is 0 Å². The van der Waals surface area contributed by atoms with Gasteiger partial charge in [0, 0.05) is 7.05 Å². The summed E-state index contributed by atoms with van der Waals surface area (Å²) in [4.78, 5) is 24.1. The van der Waals surface area contributed by atoms with E-state index in [1.54, 1.807) is 0 Å². The Hall–Kier alpha value is -1.75. The van der Waals surface area contributed by atoms with Gasteiger partial charge < -0.3 is 15.7 Å². The number of carbonyl (C=O) groups is 2. The van der Waals surface area contributed by atoms with E-state index in [9.17, 15) is 14.7 Å². The Morgan fingerprint density at radius 2 is 1.90 bits per heavy atom. The van der Waals surface area contributed by atoms with E-state index in [2.05, 4.69) is 10.6 Å². The maximum Gasteiger partial charge on any atom is 0.257 e. The van der Waals surface area contributed by atoms with Crippen LogP contribution in [0.15, 0.2) is 18.2 Å². The molecule has 1 aromatic rings. The van der Waals surface area contributed by atoms with Crippen molar-refractivity contribution >= 4 is 23.4 Å². The smallest absolute Gasteiger partial charge is 0.257 e. The summed E-state index contributed by atoms with van der Waals surface area (Å²) in [6.45, 7) is 5.50. The Labute approximate surface area is 123 Å². The van der Waals surface area contributed by atoms with Crippen molar-refractivity contribution in [1.29, 1.82) is 0 Å². The Morgan fingerprint density at radius 3 is 2.35 bits per heavy atom. The maximum absolute atomic E-state index is 12.2. The number of hydrogen-bond acceptors (Lipinski definition) is 3. The summed E-state index contributed by atoms with van der Waals surface area (Å²) in [5.41, 5.74) is -0.514. The molecule has 0 aromatic heterocycles. The molecule has 1 atom stereocenters. The second kappa shape index (κ2) is 6.13. The predicted molar refractivity (Wildman–Crippen MR) is 77.9 cm³/mol. The van der Waals surface area contributed by atoms with Crippen LogP contribution in [0, 0.1) is 5.41 Å². The lowest BCUT2D eigenvalue weighted by molar-refractivity contribution is -0.124. The van der Waals surface area contributed by atoms with E-state index >= 15 is 0 Å². The predicted octanol–water partition coefficient (Wildman–Crippen LogP) is 1.94. The van der Waals surface area contributed by atoms with Gasteiger partial charge in [0.15, 0.2) is 0 Å². The van der Waals surface area contributed by atoms with E-state index in [0.717, 1.165) is 0 Å². The Kier molecular flexibility index (Phi) is 5.00. The summed E-state index contributed by atoms with van der Waals surface area (Å²) in [5, 5.41) is 15.0. The molecule has 0 spiro atoms. The summed E-state index contributed by atoms with van der Waals surface area (Å²) in [6.07, 6.45) is 0. The molecular weight excluding hydrogens is 280 g/mol. The van der Waals surface area contributed by atoms with E-state index in [1.165, 1.54) is 25.2 Å². The van der Waals surface area contributed by atoms with Gasteiger partial charge >= 0.3 is 0 Å². The molecule has 0 saturated carbocycles. The van der Waals surface area contributed by atoms with Gasteiger partial charge in [0.05, 0.1) is 10.6 Å². The van der Waals surface area contributed by atoms with Crippen LogP contribution in [-0.2, 0) is 4.79 Å². The van der Waals surface area contributed by atoms with E-state index in [0.29, 0.717) is 0 Å². The van der Waals surface area contributed by atoms with Crippen molar-refractivity contribution in [3.05, 3.63) is 28.8 Å². The third-order valence-corrected chi connectivity index (χ3v) is 3.18. The number of carbonyl (C=O) groups excluding carboxylic acids is 2. The first-order valence-electron chi connectivity index (χ1n) is 6.18. The Bertz CT molecular complexity index is 503. The van der Waals surface area contributed by atoms with Crippen LogP contribution in [0.5, 0.6) is 5.75 Å². The van der Waals surface area contributed by atoms with Gasteiger partial charge in [-0.2, -0.15) is 0 Å². The standard InChI is InChI=1S/C14H19ClN2O3/c1-14(2,3)11(13(20)16-4)17-12(19)10-8(15)6-5-7-9(10)18/h5-7,11,18H,1-4H3,(H,16,20)(H,17,19)/t11-/m1/s1. The number of phenols is 1. The first kappa shape index (κ1) is 16.3. The summed E-state index contributed by atoms with van der Waals surface area (Å²) in [5.74, 6) is -1.12. The highest BCUT2D eigenvalue weighted by Gasteiger charge is 2.33. The lowest BCUT2D eigenvalue weighted by Gasteiger charge is -2.30. The molecule has 3 N–H and O–H groups in total. The van der Waals surface area contributed by atoms with Crippen molar-refractivity contribution in [3.63, 3.8) is 0 Å². The Balaban J connectivity index is 3.06. The van der Waals surface area contributed by atoms with Gasteiger partial charge in [0.1, 0.15) is 11.8 Å². The molecule has 1 rings (SSSR count). The number of hydrogen-bond donors (Lipinski definition) is 3. The highest BCUT2D eigenvalue weighted by Crippen LogP contribution is 2.26. The van der Waals surface area contributed by atoms with Gasteiger partial charge in [-0.1, -0.05) is 38.4 Å². The van der Waals surface area contributed by atoms with Gasteiger partial charge in [-0.15, -0.1) is 0 Å². The SMILES string of the molecule is CNC(=O)[C@@H](NC(=O)c1c(O)cccc1Cl)C(C)(C)C. The van der Waals surface area contributed by atoms with E-state index in [1.807, 2.05) is 20.8 Å². The van der Waals surface area contributed by atoms with Crippen LogP contribution < -0.4 is 10.6 Å². The second-order valence-corrected chi connectivity index (χ2v) is 5.93. The molecule has 0 fully saturated rings. The zero-order chi connectivity index (χ0) is 15.5. The number of phenolic OH excluding ortho intramolecular Hbond substituents is 1. The lowest BCUT2D eigenvalue weighted by atomic mass is 9.86. The second-order valence-electron chi connectivity index (χ2n) is 5.52. The number of aromatic hydroxyl groups is 1. The average Bonchev–Trinajstić information content (AvgIpc) is 2.33. The molecule has 6 heteroatoms. The molecule has 0 aliphatic heterocycles. The molecule has 110 valence electrons. The van der Waals surface area contributed by atoms with Crippen LogP contribution in [0.25, 0.3) is 0 Å². The van der Waals surface area contributed by atoms with Crippen LogP contribution in [0.2, 0.25) is 5.02 Å². The number of nitrogens with one attached hydrogen (secondary N) is 2. The molecule has 0 bridgehead atoms. The van der Waals surface area contributed by atoms with Crippen molar-refractivity contribution in [2.75, 3.05) is 7.05 Å². The molecule has 0 radical (unpaired) electrons. The van der Waals surface area contributed by atoms with Crippen molar-refractivity contribution in [3.8, 4) is 5.75 Å². The zero-order valence-electron chi connectivity index (χ0n) is 12.0. The average molecular weight is 299 g/mol. The van der Waals surface area contributed by atoms with Crippen LogP contribution >= 0.6 is 11.6 Å². The fourth-order valence-electron chi connectivity index (χ4n) is 1.76. The van der Waals surface area contributed by atoms with Crippen molar-refractivity contribution < 1.29 is 14.7 Å². The van der Waals surface area contributed by atoms with Crippen LogP contribution in [0.1, 0.15) is 31.1 Å². The molecule has 0 heterocycles. The molecule has 0 aliphatic rings. The summed E-state index contributed by atoms with van der Waals surface area (Å²) >= 11 is 5.91. The maximum atomic E-state index is 12.2. The van der Waals surface area contributed by atoms with Gasteiger partial charge in [-0.05, 0) is 17.5 Å². The summed E-state index contributed by atoms with van der Waals surface area (Å²) in [7, 11) is 1.50. The quantitative estimate of drug-likeness (QED) is 0.798. The fraction of sp³-hybridized carbons (Fsp3) is 0.429. The number of halogens is 1. The van der Waals surface area contributed by atoms with E-state index in [-0.39, 0.29) is 22.2 Å². The van der Waals surface area contributed by atoms with Gasteiger partial charge in [-0.25, -0.2) is 0 Å². The highest BCUT2D eigenvalue weighted by molar-refractivity contribution is 6.34. The molecule has 5 nitrogen and oxygen atoms in total. The largest absolute Gasteiger partial charge is 0.507 e. The monoisotopic (exact) mass is 298 g/mol. The third kappa shape index (κ3) is 3.63. The summed E-state index contributed by atoms with van der Waals surface area (Å²) in [6, 6.07) is 3.67. The lowest BCUT2D eigenvalue weighted by Crippen LogP contribution is -2.52. The van der Waals surface area contributed by atoms with Gasteiger partial charge in [-0.3, -0.25) is 9.59 Å². The fourth-order valence-corrected chi connectivity index (χ4v) is 2.02. The van der Waals surface area contributed by atoms with Crippen molar-refractivity contribution in [2.45, 2.75) is 26.8 Å². The molecule has 0 unspecified atom stereocenters. The first-order chi connectivity index (χ1) is 9.18. The third-order valence-electron chi connectivity index (χ3n) is 2.87. The normalized spacial score (nSPS) is 12.7. The number of amides is 2. The first-order valence-corrected chi connectivity index (χ1v) is 6.56. The van der Waals surface area contributed by atoms with Crippen molar-refractivity contribution in [1.82, 2.24) is 10.6 Å². The molecule has 2 amide bonds. The molecule has 0 saturated heterocycles. The van der Waals surface area contributed by atoms with Gasteiger partial charge in [0.25, 0.3) is 5.91 Å². The minimum absolute atomic E-state index is 0.0349. The molecular formula is C14H19ClN2O3.